The van der Waals surface area contributed by atoms with Gasteiger partial charge < -0.3 is 15.7 Å². The second-order valence-electron chi connectivity index (χ2n) is 5.79. The van der Waals surface area contributed by atoms with E-state index in [1.807, 2.05) is 0 Å². The molecule has 0 aliphatic heterocycles. The maximum atomic E-state index is 11.7. The highest BCUT2D eigenvalue weighted by atomic mass is 16.4. The second-order valence-corrected chi connectivity index (χ2v) is 5.79. The summed E-state index contributed by atoms with van der Waals surface area (Å²) in [6.07, 6.45) is 6.18. The first-order valence-corrected chi connectivity index (χ1v) is 7.82. The third-order valence-electron chi connectivity index (χ3n) is 4.08. The summed E-state index contributed by atoms with van der Waals surface area (Å²) in [5.74, 6) is 0.301. The van der Waals surface area contributed by atoms with E-state index in [1.54, 1.807) is 0 Å². The van der Waals surface area contributed by atoms with Crippen LogP contribution in [0, 0.1) is 11.8 Å². The number of urea groups is 1. The summed E-state index contributed by atoms with van der Waals surface area (Å²) in [5, 5.41) is 14.5. The molecule has 0 heterocycles. The zero-order valence-corrected chi connectivity index (χ0v) is 12.7. The minimum atomic E-state index is -0.746. The van der Waals surface area contributed by atoms with Crippen molar-refractivity contribution in [2.24, 2.45) is 11.8 Å². The van der Waals surface area contributed by atoms with E-state index in [4.69, 9.17) is 5.11 Å². The summed E-state index contributed by atoms with van der Waals surface area (Å²) in [6, 6.07) is 0.283. The molecule has 20 heavy (non-hydrogen) atoms. The van der Waals surface area contributed by atoms with Crippen LogP contribution in [-0.4, -0.2) is 29.7 Å². The maximum Gasteiger partial charge on any atom is 0.315 e. The SMILES string of the molecule is CCCC1CC1NC(=O)NCCC(CC)CCC(=O)O. The smallest absolute Gasteiger partial charge is 0.315 e. The van der Waals surface area contributed by atoms with E-state index in [-0.39, 0.29) is 12.5 Å². The van der Waals surface area contributed by atoms with Gasteiger partial charge in [0.05, 0.1) is 0 Å². The Bertz CT molecular complexity index is 320. The summed E-state index contributed by atoms with van der Waals surface area (Å²) in [7, 11) is 0. The molecule has 0 aromatic carbocycles. The van der Waals surface area contributed by atoms with Gasteiger partial charge in [0.1, 0.15) is 0 Å². The Hall–Kier alpha value is -1.26. The third-order valence-corrected chi connectivity index (χ3v) is 4.08. The molecule has 2 amide bonds. The summed E-state index contributed by atoms with van der Waals surface area (Å²) in [4.78, 5) is 22.2. The van der Waals surface area contributed by atoms with Gasteiger partial charge in [0.15, 0.2) is 0 Å². The molecule has 5 heteroatoms. The molecule has 0 aromatic heterocycles. The standard InChI is InChI=1S/C15H28N2O3/c1-3-5-12-10-13(12)17-15(20)16-9-8-11(4-2)6-7-14(18)19/h11-13H,3-10H2,1-2H3,(H,18,19)(H2,16,17,20). The van der Waals surface area contributed by atoms with Gasteiger partial charge in [-0.1, -0.05) is 26.7 Å². The summed E-state index contributed by atoms with van der Waals surface area (Å²) in [5.41, 5.74) is 0. The number of carbonyl (C=O) groups excluding carboxylic acids is 1. The summed E-state index contributed by atoms with van der Waals surface area (Å²) in [6.45, 7) is 4.85. The highest BCUT2D eigenvalue weighted by molar-refractivity contribution is 5.74. The highest BCUT2D eigenvalue weighted by Crippen LogP contribution is 2.34. The first kappa shape index (κ1) is 16.8. The fraction of sp³-hybridized carbons (Fsp3) is 0.867. The number of carbonyl (C=O) groups is 2. The van der Waals surface area contributed by atoms with Crippen LogP contribution in [0.3, 0.4) is 0 Å². The average molecular weight is 284 g/mol. The van der Waals surface area contributed by atoms with E-state index in [1.165, 1.54) is 12.8 Å². The van der Waals surface area contributed by atoms with Gasteiger partial charge in [-0.2, -0.15) is 0 Å². The van der Waals surface area contributed by atoms with E-state index < -0.39 is 5.97 Å². The van der Waals surface area contributed by atoms with Crippen LogP contribution in [0.2, 0.25) is 0 Å². The van der Waals surface area contributed by atoms with Crippen LogP contribution in [-0.2, 0) is 4.79 Å². The molecule has 0 bridgehead atoms. The summed E-state index contributed by atoms with van der Waals surface area (Å²) >= 11 is 0. The maximum absolute atomic E-state index is 11.7. The minimum Gasteiger partial charge on any atom is -0.481 e. The molecule has 1 saturated carbocycles. The molecule has 3 atom stereocenters. The van der Waals surface area contributed by atoms with Gasteiger partial charge in [0, 0.05) is 19.0 Å². The molecule has 3 unspecified atom stereocenters. The number of amides is 2. The van der Waals surface area contributed by atoms with Crippen LogP contribution in [0.5, 0.6) is 0 Å². The highest BCUT2D eigenvalue weighted by Gasteiger charge is 2.36. The number of rotatable bonds is 10. The minimum absolute atomic E-state index is 0.0818. The van der Waals surface area contributed by atoms with Crippen molar-refractivity contribution in [2.45, 2.75) is 64.8 Å². The Kier molecular flexibility index (Phi) is 7.41. The van der Waals surface area contributed by atoms with Crippen LogP contribution in [0.25, 0.3) is 0 Å². The number of carboxylic acid groups (broad SMARTS) is 1. The molecule has 5 nitrogen and oxygen atoms in total. The molecule has 0 saturated heterocycles. The molecule has 116 valence electrons. The zero-order chi connectivity index (χ0) is 15.0. The van der Waals surface area contributed by atoms with Crippen molar-refractivity contribution >= 4 is 12.0 Å². The number of carboxylic acids is 1. The van der Waals surface area contributed by atoms with Crippen LogP contribution in [0.15, 0.2) is 0 Å². The third kappa shape index (κ3) is 6.78. The van der Waals surface area contributed by atoms with E-state index >= 15 is 0 Å². The van der Waals surface area contributed by atoms with Gasteiger partial charge in [0.25, 0.3) is 0 Å². The average Bonchev–Trinajstić information content (AvgIpc) is 3.11. The fourth-order valence-corrected chi connectivity index (χ4v) is 2.60. The molecule has 0 aromatic rings. The van der Waals surface area contributed by atoms with Gasteiger partial charge in [-0.15, -0.1) is 0 Å². The fourth-order valence-electron chi connectivity index (χ4n) is 2.60. The molecule has 0 spiro atoms. The van der Waals surface area contributed by atoms with Crippen molar-refractivity contribution in [3.8, 4) is 0 Å². The van der Waals surface area contributed by atoms with Crippen molar-refractivity contribution < 1.29 is 14.7 Å². The van der Waals surface area contributed by atoms with E-state index in [0.29, 0.717) is 30.8 Å². The zero-order valence-electron chi connectivity index (χ0n) is 12.7. The lowest BCUT2D eigenvalue weighted by molar-refractivity contribution is -0.137. The number of hydrogen-bond donors (Lipinski definition) is 3. The number of nitrogens with one attached hydrogen (secondary N) is 2. The molecule has 1 aliphatic rings. The topological polar surface area (TPSA) is 78.4 Å². The number of hydrogen-bond acceptors (Lipinski definition) is 2. The molecule has 0 radical (unpaired) electrons. The van der Waals surface area contributed by atoms with E-state index in [9.17, 15) is 9.59 Å². The van der Waals surface area contributed by atoms with E-state index in [2.05, 4.69) is 24.5 Å². The van der Waals surface area contributed by atoms with E-state index in [0.717, 1.165) is 19.3 Å². The summed E-state index contributed by atoms with van der Waals surface area (Å²) < 4.78 is 0. The predicted octanol–water partition coefficient (Wildman–Crippen LogP) is 2.76. The molecule has 1 rings (SSSR count). The van der Waals surface area contributed by atoms with Crippen LogP contribution < -0.4 is 10.6 Å². The van der Waals surface area contributed by atoms with Crippen molar-refractivity contribution in [1.29, 1.82) is 0 Å². The molecular formula is C15H28N2O3. The van der Waals surface area contributed by atoms with Gasteiger partial charge in [-0.3, -0.25) is 4.79 Å². The van der Waals surface area contributed by atoms with Crippen LogP contribution >= 0.6 is 0 Å². The lowest BCUT2D eigenvalue weighted by atomic mass is 9.97. The van der Waals surface area contributed by atoms with Crippen molar-refractivity contribution in [3.63, 3.8) is 0 Å². The van der Waals surface area contributed by atoms with Gasteiger partial charge >= 0.3 is 12.0 Å². The van der Waals surface area contributed by atoms with Crippen LogP contribution in [0.1, 0.15) is 58.8 Å². The molecule has 1 fully saturated rings. The van der Waals surface area contributed by atoms with Crippen molar-refractivity contribution in [2.75, 3.05) is 6.54 Å². The van der Waals surface area contributed by atoms with Crippen molar-refractivity contribution in [1.82, 2.24) is 10.6 Å². The lowest BCUT2D eigenvalue weighted by Crippen LogP contribution is -2.38. The Morgan fingerprint density at radius 1 is 1.30 bits per heavy atom. The van der Waals surface area contributed by atoms with Gasteiger partial charge in [-0.25, -0.2) is 4.79 Å². The number of aliphatic carboxylic acids is 1. The Labute approximate surface area is 121 Å². The molecule has 3 N–H and O–H groups in total. The van der Waals surface area contributed by atoms with Crippen molar-refractivity contribution in [3.05, 3.63) is 0 Å². The van der Waals surface area contributed by atoms with Gasteiger partial charge in [-0.05, 0) is 37.5 Å². The largest absolute Gasteiger partial charge is 0.481 e. The molecular weight excluding hydrogens is 256 g/mol. The Balaban J connectivity index is 2.07. The van der Waals surface area contributed by atoms with Crippen LogP contribution in [0.4, 0.5) is 4.79 Å². The van der Waals surface area contributed by atoms with Gasteiger partial charge in [0.2, 0.25) is 0 Å². The second kappa shape index (κ2) is 8.82. The normalized spacial score (nSPS) is 22.1. The lowest BCUT2D eigenvalue weighted by Gasteiger charge is -2.14. The Morgan fingerprint density at radius 2 is 2.05 bits per heavy atom. The Morgan fingerprint density at radius 3 is 2.65 bits per heavy atom. The molecule has 1 aliphatic carbocycles. The quantitative estimate of drug-likeness (QED) is 0.577. The first-order chi connectivity index (χ1) is 9.56. The first-order valence-electron chi connectivity index (χ1n) is 7.82. The predicted molar refractivity (Wildman–Crippen MR) is 78.6 cm³/mol. The monoisotopic (exact) mass is 284 g/mol.